The number of ether oxygens (including phenoxy) is 1. The van der Waals surface area contributed by atoms with Crippen LogP contribution in [0.5, 0.6) is 0 Å². The average Bonchev–Trinajstić information content (AvgIpc) is 3.00. The van der Waals surface area contributed by atoms with Crippen LogP contribution in [-0.2, 0) is 25.7 Å². The number of hydrogen-bond donors (Lipinski definition) is 0. The minimum absolute atomic E-state index is 0.0631. The summed E-state index contributed by atoms with van der Waals surface area (Å²) < 4.78 is 18.7. The fraction of sp³-hybridized carbons (Fsp3) is 0.526. The van der Waals surface area contributed by atoms with Crippen LogP contribution in [0, 0.1) is 5.82 Å². The highest BCUT2D eigenvalue weighted by Crippen LogP contribution is 2.14. The first-order valence-electron chi connectivity index (χ1n) is 9.40. The summed E-state index contributed by atoms with van der Waals surface area (Å²) in [5.41, 5.74) is 1.00. The van der Waals surface area contributed by atoms with E-state index in [2.05, 4.69) is 4.90 Å². The number of hydroxylamine groups is 2. The van der Waals surface area contributed by atoms with Gasteiger partial charge < -0.3 is 14.5 Å². The van der Waals surface area contributed by atoms with Crippen LogP contribution in [0.1, 0.15) is 24.8 Å². The maximum atomic E-state index is 13.1. The largest absolute Gasteiger partial charge is 0.434 e. The summed E-state index contributed by atoms with van der Waals surface area (Å²) in [5.74, 6) is -1.26. The van der Waals surface area contributed by atoms with Gasteiger partial charge >= 0.3 is 6.09 Å². The van der Waals surface area contributed by atoms with E-state index in [-0.39, 0.29) is 18.7 Å². The minimum Gasteiger partial charge on any atom is -0.378 e. The van der Waals surface area contributed by atoms with Crippen molar-refractivity contribution in [3.05, 3.63) is 35.6 Å². The number of halogens is 1. The highest BCUT2D eigenvalue weighted by Gasteiger charge is 2.34. The van der Waals surface area contributed by atoms with Gasteiger partial charge in [-0.2, -0.15) is 0 Å². The van der Waals surface area contributed by atoms with E-state index in [1.807, 2.05) is 0 Å². The molecule has 152 valence electrons. The molecule has 2 heterocycles. The molecule has 2 aliphatic heterocycles. The lowest BCUT2D eigenvalue weighted by Crippen LogP contribution is -2.43. The molecule has 2 aliphatic rings. The maximum absolute atomic E-state index is 13.1. The normalized spacial score (nSPS) is 19.8. The topological polar surface area (TPSA) is 79.4 Å². The van der Waals surface area contributed by atoms with Crippen LogP contribution in [0.15, 0.2) is 24.3 Å². The summed E-state index contributed by atoms with van der Waals surface area (Å²) in [6, 6.07) is 6.38. The standard InChI is InChI=1S/C19H24FN3O5/c20-16-4-2-15(3-5-16)14-21-8-1-9-22(11-13-27-12-10-21)19(26)28-23-17(24)6-7-18(23)25/h2-5H,1,6-14H2. The lowest BCUT2D eigenvalue weighted by Gasteiger charge is -2.28. The van der Waals surface area contributed by atoms with Gasteiger partial charge in [0.2, 0.25) is 0 Å². The van der Waals surface area contributed by atoms with E-state index in [4.69, 9.17) is 9.57 Å². The molecule has 2 saturated heterocycles. The Morgan fingerprint density at radius 1 is 1.00 bits per heavy atom. The molecule has 0 unspecified atom stereocenters. The minimum atomic E-state index is -0.724. The van der Waals surface area contributed by atoms with Crippen LogP contribution < -0.4 is 0 Å². The molecule has 0 aliphatic carbocycles. The number of nitrogens with zero attached hydrogens (tertiary/aromatic N) is 3. The molecule has 0 bridgehead atoms. The molecule has 2 fully saturated rings. The molecule has 3 amide bonds. The number of carbonyl (C=O) groups excluding carboxylic acids is 3. The van der Waals surface area contributed by atoms with Gasteiger partial charge in [0.05, 0.1) is 13.2 Å². The molecular formula is C19H24FN3O5. The fourth-order valence-electron chi connectivity index (χ4n) is 3.16. The van der Waals surface area contributed by atoms with Gasteiger partial charge in [-0.3, -0.25) is 14.5 Å². The third-order valence-corrected chi connectivity index (χ3v) is 4.71. The van der Waals surface area contributed by atoms with Crippen LogP contribution in [0.4, 0.5) is 9.18 Å². The SMILES string of the molecule is O=C(ON1C(=O)CCC1=O)N1CCCN(Cc2ccc(F)cc2)CCOCC1. The number of carbonyl (C=O) groups is 3. The molecule has 3 rings (SSSR count). The molecule has 0 spiro atoms. The van der Waals surface area contributed by atoms with Crippen molar-refractivity contribution in [2.24, 2.45) is 0 Å². The van der Waals surface area contributed by atoms with E-state index in [1.54, 1.807) is 12.1 Å². The van der Waals surface area contributed by atoms with Crippen molar-refractivity contribution in [2.75, 3.05) is 39.4 Å². The van der Waals surface area contributed by atoms with E-state index in [0.717, 1.165) is 12.1 Å². The van der Waals surface area contributed by atoms with Crippen molar-refractivity contribution in [3.63, 3.8) is 0 Å². The second-order valence-electron chi connectivity index (χ2n) is 6.79. The molecular weight excluding hydrogens is 369 g/mol. The molecule has 8 nitrogen and oxygen atoms in total. The number of amides is 3. The fourth-order valence-corrected chi connectivity index (χ4v) is 3.16. The highest BCUT2D eigenvalue weighted by molar-refractivity contribution is 6.01. The Labute approximate surface area is 162 Å². The Balaban J connectivity index is 1.53. The Hall–Kier alpha value is -2.52. The van der Waals surface area contributed by atoms with Gasteiger partial charge in [-0.15, -0.1) is 5.06 Å². The third-order valence-electron chi connectivity index (χ3n) is 4.71. The molecule has 1 aromatic carbocycles. The smallest absolute Gasteiger partial charge is 0.378 e. The second-order valence-corrected chi connectivity index (χ2v) is 6.79. The Bertz CT molecular complexity index is 696. The van der Waals surface area contributed by atoms with E-state index >= 15 is 0 Å². The Morgan fingerprint density at radius 2 is 1.68 bits per heavy atom. The molecule has 0 saturated carbocycles. The van der Waals surface area contributed by atoms with E-state index in [1.165, 1.54) is 17.0 Å². The first kappa shape index (κ1) is 20.2. The molecule has 0 N–H and O–H groups in total. The summed E-state index contributed by atoms with van der Waals surface area (Å²) in [4.78, 5) is 44.2. The summed E-state index contributed by atoms with van der Waals surface area (Å²) in [5, 5.41) is 0.558. The first-order valence-corrected chi connectivity index (χ1v) is 9.40. The summed E-state index contributed by atoms with van der Waals surface area (Å²) in [6.07, 6.45) is 0.0946. The van der Waals surface area contributed by atoms with Crippen molar-refractivity contribution in [1.29, 1.82) is 0 Å². The van der Waals surface area contributed by atoms with Crippen molar-refractivity contribution in [3.8, 4) is 0 Å². The number of imide groups is 1. The van der Waals surface area contributed by atoms with Gasteiger partial charge in [0.1, 0.15) is 5.82 Å². The maximum Gasteiger partial charge on any atom is 0.434 e. The van der Waals surface area contributed by atoms with Crippen LogP contribution >= 0.6 is 0 Å². The van der Waals surface area contributed by atoms with Crippen molar-refractivity contribution in [1.82, 2.24) is 14.9 Å². The van der Waals surface area contributed by atoms with Crippen LogP contribution in [0.2, 0.25) is 0 Å². The summed E-state index contributed by atoms with van der Waals surface area (Å²) in [6.45, 7) is 3.69. The van der Waals surface area contributed by atoms with E-state index in [0.29, 0.717) is 50.9 Å². The molecule has 0 atom stereocenters. The van der Waals surface area contributed by atoms with Gasteiger partial charge in [-0.1, -0.05) is 12.1 Å². The summed E-state index contributed by atoms with van der Waals surface area (Å²) >= 11 is 0. The Kier molecular flexibility index (Phi) is 6.94. The van der Waals surface area contributed by atoms with Crippen LogP contribution in [-0.4, -0.2) is 72.2 Å². The molecule has 1 aromatic rings. The molecule has 0 aromatic heterocycles. The lowest BCUT2D eigenvalue weighted by molar-refractivity contribution is -0.173. The number of hydrogen-bond acceptors (Lipinski definition) is 6. The second kappa shape index (κ2) is 9.61. The van der Waals surface area contributed by atoms with Gasteiger partial charge in [0.15, 0.2) is 0 Å². The number of rotatable bonds is 3. The van der Waals surface area contributed by atoms with E-state index in [9.17, 15) is 18.8 Å². The van der Waals surface area contributed by atoms with Gasteiger partial charge in [-0.25, -0.2) is 9.18 Å². The van der Waals surface area contributed by atoms with Gasteiger partial charge in [0, 0.05) is 45.6 Å². The van der Waals surface area contributed by atoms with Crippen LogP contribution in [0.25, 0.3) is 0 Å². The highest BCUT2D eigenvalue weighted by atomic mass is 19.1. The first-order chi connectivity index (χ1) is 13.5. The predicted molar refractivity (Wildman–Crippen MR) is 96.3 cm³/mol. The average molecular weight is 393 g/mol. The third kappa shape index (κ3) is 5.49. The zero-order chi connectivity index (χ0) is 19.9. The quantitative estimate of drug-likeness (QED) is 0.725. The zero-order valence-corrected chi connectivity index (χ0v) is 15.6. The van der Waals surface area contributed by atoms with Gasteiger partial charge in [-0.05, 0) is 24.1 Å². The van der Waals surface area contributed by atoms with Crippen molar-refractivity contribution in [2.45, 2.75) is 25.8 Å². The van der Waals surface area contributed by atoms with Gasteiger partial charge in [0.25, 0.3) is 11.8 Å². The van der Waals surface area contributed by atoms with E-state index < -0.39 is 17.9 Å². The van der Waals surface area contributed by atoms with Crippen molar-refractivity contribution >= 4 is 17.9 Å². The van der Waals surface area contributed by atoms with Crippen LogP contribution in [0.3, 0.4) is 0 Å². The predicted octanol–water partition coefficient (Wildman–Crippen LogP) is 1.55. The summed E-state index contributed by atoms with van der Waals surface area (Å²) in [7, 11) is 0. The monoisotopic (exact) mass is 393 g/mol. The lowest BCUT2D eigenvalue weighted by atomic mass is 10.2. The zero-order valence-electron chi connectivity index (χ0n) is 15.6. The Morgan fingerprint density at radius 3 is 2.39 bits per heavy atom. The molecule has 28 heavy (non-hydrogen) atoms. The molecule has 0 radical (unpaired) electrons. The molecule has 9 heteroatoms. The number of benzene rings is 1. The van der Waals surface area contributed by atoms with Crippen molar-refractivity contribution < 1.29 is 28.3 Å².